The number of esters is 3. The van der Waals surface area contributed by atoms with Crippen LogP contribution in [0.4, 0.5) is 0 Å². The number of carbonyl (C=O) groups is 3. The highest BCUT2D eigenvalue weighted by molar-refractivity contribution is 5.89. The summed E-state index contributed by atoms with van der Waals surface area (Å²) in [5.41, 5.74) is -0.460. The van der Waals surface area contributed by atoms with E-state index in [4.69, 9.17) is 0 Å². The molecule has 0 aromatic heterocycles. The van der Waals surface area contributed by atoms with Gasteiger partial charge in [-0.15, -0.1) is 0 Å². The maximum atomic E-state index is 11.6. The van der Waals surface area contributed by atoms with Crippen molar-refractivity contribution in [3.05, 3.63) is 36.5 Å². The summed E-state index contributed by atoms with van der Waals surface area (Å²) in [5, 5.41) is 20.4. The van der Waals surface area contributed by atoms with E-state index in [1.807, 2.05) is 0 Å². The number of hydrogen-bond donors (Lipinski definition) is 2. The molecule has 0 radical (unpaired) electrons. The Morgan fingerprint density at radius 2 is 1.00 bits per heavy atom. The first-order valence-corrected chi connectivity index (χ1v) is 6.34. The normalized spacial score (nSPS) is 13.3. The molecule has 1 atom stereocenters. The summed E-state index contributed by atoms with van der Waals surface area (Å²) in [7, 11) is 0. The van der Waals surface area contributed by atoms with Gasteiger partial charge in [-0.2, -0.15) is 0 Å². The Bertz CT molecular complexity index is 542. The van der Waals surface area contributed by atoms with E-state index in [1.54, 1.807) is 0 Å². The fourth-order valence-electron chi connectivity index (χ4n) is 0.968. The monoisotopic (exact) mass is 328 g/mol. The third kappa shape index (κ3) is 5.35. The summed E-state index contributed by atoms with van der Waals surface area (Å²) >= 11 is 0. The van der Waals surface area contributed by atoms with Gasteiger partial charge in [0.25, 0.3) is 0 Å². The molecule has 0 rings (SSSR count). The molecule has 8 heteroatoms. The zero-order valence-electron chi connectivity index (χ0n) is 13.5. The van der Waals surface area contributed by atoms with Crippen LogP contribution in [0, 0.1) is 0 Å². The second-order valence-electron chi connectivity index (χ2n) is 5.07. The molecule has 128 valence electrons. The molecule has 23 heavy (non-hydrogen) atoms. The molecule has 0 aliphatic rings. The van der Waals surface area contributed by atoms with Crippen molar-refractivity contribution in [1.82, 2.24) is 0 Å². The minimum atomic E-state index is -3.33. The Morgan fingerprint density at radius 3 is 1.26 bits per heavy atom. The third-order valence-corrected chi connectivity index (χ3v) is 2.39. The van der Waals surface area contributed by atoms with E-state index < -0.39 is 29.7 Å². The lowest BCUT2D eigenvalue weighted by atomic mass is 10.2. The molecule has 0 aliphatic heterocycles. The molecule has 1 unspecified atom stereocenters. The van der Waals surface area contributed by atoms with Gasteiger partial charge in [-0.3, -0.25) is 0 Å². The lowest BCUT2D eigenvalue weighted by molar-refractivity contribution is -0.435. The molecular weight excluding hydrogens is 308 g/mol. The number of hydrogen-bond acceptors (Lipinski definition) is 8. The average Bonchev–Trinajstić information content (AvgIpc) is 2.37. The van der Waals surface area contributed by atoms with Gasteiger partial charge in [-0.25, -0.2) is 14.4 Å². The molecule has 0 fully saturated rings. The average molecular weight is 328 g/mol. The molecule has 2 N–H and O–H groups in total. The second kappa shape index (κ2) is 7.21. The van der Waals surface area contributed by atoms with Gasteiger partial charge in [0.2, 0.25) is 0 Å². The van der Waals surface area contributed by atoms with Crippen LogP contribution in [0.1, 0.15) is 27.7 Å². The number of rotatable bonds is 7. The van der Waals surface area contributed by atoms with E-state index in [1.165, 1.54) is 20.8 Å². The first-order valence-electron chi connectivity index (χ1n) is 6.34. The van der Waals surface area contributed by atoms with Crippen LogP contribution in [-0.2, 0) is 28.6 Å². The van der Waals surface area contributed by atoms with Gasteiger partial charge in [0.05, 0.1) is 0 Å². The minimum Gasteiger partial charge on any atom is -0.418 e. The van der Waals surface area contributed by atoms with Gasteiger partial charge in [0.15, 0.2) is 0 Å². The van der Waals surface area contributed by atoms with Crippen molar-refractivity contribution in [2.24, 2.45) is 0 Å². The van der Waals surface area contributed by atoms with Crippen molar-refractivity contribution < 1.29 is 38.8 Å². The Morgan fingerprint density at radius 1 is 0.739 bits per heavy atom. The summed E-state index contributed by atoms with van der Waals surface area (Å²) in [6, 6.07) is 0. The molecule has 0 bridgehead atoms. The van der Waals surface area contributed by atoms with E-state index in [9.17, 15) is 24.6 Å². The Kier molecular flexibility index (Phi) is 6.44. The van der Waals surface area contributed by atoms with Crippen molar-refractivity contribution in [1.29, 1.82) is 0 Å². The fourth-order valence-corrected chi connectivity index (χ4v) is 0.968. The molecule has 0 saturated carbocycles. The maximum Gasteiger partial charge on any atom is 0.443 e. The predicted molar refractivity (Wildman–Crippen MR) is 78.3 cm³/mol. The SMILES string of the molecule is C=C(C)C(=O)OC(C)(O)C(O)(OC(=O)C(=C)C)OC(=O)C(=C)C. The van der Waals surface area contributed by atoms with Crippen LogP contribution < -0.4 is 0 Å². The predicted octanol–water partition coefficient (Wildman–Crippen LogP) is 0.699. The highest BCUT2D eigenvalue weighted by atomic mass is 16.9. The highest BCUT2D eigenvalue weighted by Gasteiger charge is 2.58. The Hall–Kier alpha value is -2.45. The summed E-state index contributed by atoms with van der Waals surface area (Å²) in [5.74, 6) is -9.78. The zero-order valence-corrected chi connectivity index (χ0v) is 13.5. The van der Waals surface area contributed by atoms with E-state index >= 15 is 0 Å². The lowest BCUT2D eigenvalue weighted by Crippen LogP contribution is -2.60. The quantitative estimate of drug-likeness (QED) is 0.398. The zero-order chi connectivity index (χ0) is 18.6. The van der Waals surface area contributed by atoms with Crippen LogP contribution >= 0.6 is 0 Å². The second-order valence-corrected chi connectivity index (χ2v) is 5.07. The lowest BCUT2D eigenvalue weighted by Gasteiger charge is -2.36. The summed E-state index contributed by atoms with van der Waals surface area (Å²) in [6.07, 6.45) is 0. The topological polar surface area (TPSA) is 119 Å². The Labute approximate surface area is 133 Å². The molecule has 0 aromatic carbocycles. The van der Waals surface area contributed by atoms with Crippen molar-refractivity contribution in [2.75, 3.05) is 0 Å². The molecule has 0 spiro atoms. The first kappa shape index (κ1) is 20.6. The van der Waals surface area contributed by atoms with Gasteiger partial charge < -0.3 is 24.4 Å². The molecule has 0 aliphatic carbocycles. The maximum absolute atomic E-state index is 11.6. The van der Waals surface area contributed by atoms with Crippen LogP contribution in [0.5, 0.6) is 0 Å². The summed E-state index contributed by atoms with van der Waals surface area (Å²) in [6.45, 7) is 14.4. The standard InChI is InChI=1S/C15H20O8/c1-8(2)11(16)21-14(7,19)15(20,22-12(17)9(3)4)23-13(18)10(5)6/h19-20H,1,3,5H2,2,4,6-7H3. The van der Waals surface area contributed by atoms with E-state index in [-0.39, 0.29) is 16.7 Å². The molecule has 0 heterocycles. The van der Waals surface area contributed by atoms with E-state index in [2.05, 4.69) is 33.9 Å². The van der Waals surface area contributed by atoms with Crippen LogP contribution in [0.25, 0.3) is 0 Å². The van der Waals surface area contributed by atoms with Gasteiger partial charge in [-0.05, 0) is 20.8 Å². The van der Waals surface area contributed by atoms with Gasteiger partial charge in [0, 0.05) is 23.6 Å². The Balaban J connectivity index is 5.71. The van der Waals surface area contributed by atoms with Crippen molar-refractivity contribution in [2.45, 2.75) is 39.5 Å². The summed E-state index contributed by atoms with van der Waals surface area (Å²) < 4.78 is 13.7. The third-order valence-electron chi connectivity index (χ3n) is 2.39. The smallest absolute Gasteiger partial charge is 0.418 e. The molecule has 8 nitrogen and oxygen atoms in total. The molecular formula is C15H20O8. The van der Waals surface area contributed by atoms with Gasteiger partial charge >= 0.3 is 29.7 Å². The fraction of sp³-hybridized carbons (Fsp3) is 0.400. The van der Waals surface area contributed by atoms with Crippen LogP contribution in [-0.4, -0.2) is 39.9 Å². The summed E-state index contributed by atoms with van der Waals surface area (Å²) in [4.78, 5) is 34.8. The number of aliphatic hydroxyl groups is 2. The van der Waals surface area contributed by atoms with E-state index in [0.29, 0.717) is 0 Å². The van der Waals surface area contributed by atoms with E-state index in [0.717, 1.165) is 6.92 Å². The van der Waals surface area contributed by atoms with Crippen molar-refractivity contribution >= 4 is 17.9 Å². The van der Waals surface area contributed by atoms with Crippen LogP contribution in [0.15, 0.2) is 36.5 Å². The first-order chi connectivity index (χ1) is 10.2. The van der Waals surface area contributed by atoms with Crippen molar-refractivity contribution in [3.63, 3.8) is 0 Å². The largest absolute Gasteiger partial charge is 0.443 e. The van der Waals surface area contributed by atoms with Crippen LogP contribution in [0.3, 0.4) is 0 Å². The number of ether oxygens (including phenoxy) is 3. The minimum absolute atomic E-state index is 0.120. The van der Waals surface area contributed by atoms with Crippen LogP contribution in [0.2, 0.25) is 0 Å². The number of carbonyl (C=O) groups excluding carboxylic acids is 3. The molecule has 0 saturated heterocycles. The van der Waals surface area contributed by atoms with Crippen molar-refractivity contribution in [3.8, 4) is 0 Å². The molecule has 0 amide bonds. The molecule has 0 aromatic rings. The van der Waals surface area contributed by atoms with Gasteiger partial charge in [-0.1, -0.05) is 19.7 Å². The highest BCUT2D eigenvalue weighted by Crippen LogP contribution is 2.29. The van der Waals surface area contributed by atoms with Gasteiger partial charge in [0.1, 0.15) is 0 Å².